The number of imidazole rings is 4. The normalized spacial score (nSPS) is 12.1. The summed E-state index contributed by atoms with van der Waals surface area (Å²) in [5.74, 6) is 1.76. The maximum absolute atomic E-state index is 5.25. The zero-order valence-corrected chi connectivity index (χ0v) is 29.3. The van der Waals surface area contributed by atoms with Crippen LogP contribution < -0.4 is 3.40 Å². The number of fused-ring (bicyclic) bond motifs is 10. The van der Waals surface area contributed by atoms with E-state index in [0.29, 0.717) is 24.7 Å². The SMILES string of the molecule is Cc1cc(-c2c3c(cc4c2n(-c2ccccc2)c2nc5ccccc5n42)n2c4ccccc4nc2n3-c2ccccc2)c[c]([BiH2])n1. The van der Waals surface area contributed by atoms with Gasteiger partial charge in [0.2, 0.25) is 0 Å². The monoisotopic (exact) mass is 789 g/mol. The van der Waals surface area contributed by atoms with Crippen molar-refractivity contribution in [2.24, 2.45) is 0 Å². The molecule has 0 aliphatic rings. The van der Waals surface area contributed by atoms with Gasteiger partial charge in [0, 0.05) is 0 Å². The third-order valence-electron chi connectivity index (χ3n) is 8.94. The predicted octanol–water partition coefficient (Wildman–Crippen LogP) is 6.81. The summed E-state index contributed by atoms with van der Waals surface area (Å²) in [6, 6.07) is 44.9. The van der Waals surface area contributed by atoms with Crippen molar-refractivity contribution in [1.82, 2.24) is 32.9 Å². The third-order valence-corrected chi connectivity index (χ3v) is 10.1. The molecule has 7 nitrogen and oxygen atoms in total. The quantitative estimate of drug-likeness (QED) is 0.185. The second-order valence-corrected chi connectivity index (χ2v) is 14.0. The van der Waals surface area contributed by atoms with Gasteiger partial charge in [-0.1, -0.05) is 0 Å². The standard InChI is InChI=1S/C38H24N7.Bi.2H/c1-24-22-25(20-21-39-24)34-35-32(44-30-18-10-8-16-28(30)40-37(44)42(35)26-12-4-2-5-13-26)23-33-36(34)43(27-14-6-3-7-15-27)38-41-29-17-9-11-19-31(29)45(33)38;;;/h2-20,22-23H,1H3;;;. The van der Waals surface area contributed by atoms with E-state index in [-0.39, 0.29) is 0 Å². The van der Waals surface area contributed by atoms with Gasteiger partial charge in [0.1, 0.15) is 0 Å². The van der Waals surface area contributed by atoms with Gasteiger partial charge in [0.25, 0.3) is 0 Å². The van der Waals surface area contributed by atoms with Crippen LogP contribution in [-0.4, -0.2) is 57.6 Å². The van der Waals surface area contributed by atoms with Gasteiger partial charge in [0.05, 0.1) is 0 Å². The van der Waals surface area contributed by atoms with Crippen molar-refractivity contribution < 1.29 is 0 Å². The molecule has 0 atom stereocenters. The van der Waals surface area contributed by atoms with E-state index in [9.17, 15) is 0 Å². The Balaban J connectivity index is 1.56. The number of nitrogens with zero attached hydrogens (tertiary/aromatic N) is 7. The Morgan fingerprint density at radius 2 is 0.978 bits per heavy atom. The molecule has 0 fully saturated rings. The van der Waals surface area contributed by atoms with Crippen molar-refractivity contribution in [3.63, 3.8) is 0 Å². The van der Waals surface area contributed by atoms with Crippen molar-refractivity contribution in [3.05, 3.63) is 133 Å². The Hall–Kier alpha value is -5.33. The number of aromatic nitrogens is 7. The Labute approximate surface area is 277 Å². The van der Waals surface area contributed by atoms with Gasteiger partial charge in [-0.05, 0) is 0 Å². The van der Waals surface area contributed by atoms with Crippen LogP contribution in [-0.2, 0) is 0 Å². The molecule has 218 valence electrons. The molecule has 0 amide bonds. The van der Waals surface area contributed by atoms with Crippen molar-refractivity contribution >= 4 is 83.8 Å². The van der Waals surface area contributed by atoms with E-state index in [1.807, 2.05) is 0 Å². The molecule has 0 bridgehead atoms. The predicted molar refractivity (Wildman–Crippen MR) is 189 cm³/mol. The van der Waals surface area contributed by atoms with Gasteiger partial charge in [-0.3, -0.25) is 0 Å². The summed E-state index contributed by atoms with van der Waals surface area (Å²) in [5.41, 5.74) is 13.9. The van der Waals surface area contributed by atoms with E-state index in [0.717, 1.165) is 87.3 Å². The molecule has 0 spiro atoms. The molecule has 46 heavy (non-hydrogen) atoms. The van der Waals surface area contributed by atoms with Gasteiger partial charge in [-0.25, -0.2) is 0 Å². The molecule has 0 aliphatic heterocycles. The number of pyridine rings is 1. The fourth-order valence-electron chi connectivity index (χ4n) is 7.18. The fraction of sp³-hybridized carbons (Fsp3) is 0.0263. The summed E-state index contributed by atoms with van der Waals surface area (Å²) >= 11 is 0.600. The summed E-state index contributed by atoms with van der Waals surface area (Å²) in [6.45, 7) is 2.10. The van der Waals surface area contributed by atoms with Crippen molar-refractivity contribution in [2.45, 2.75) is 6.92 Å². The summed E-state index contributed by atoms with van der Waals surface area (Å²) in [6.07, 6.45) is 0. The molecule has 8 heteroatoms. The molecular weight excluding hydrogens is 763 g/mol. The first kappa shape index (κ1) is 25.9. The summed E-state index contributed by atoms with van der Waals surface area (Å²) in [4.78, 5) is 15.4. The Bertz CT molecular complexity index is 2630. The van der Waals surface area contributed by atoms with E-state index >= 15 is 0 Å². The van der Waals surface area contributed by atoms with Crippen LogP contribution in [0.5, 0.6) is 0 Å². The number of benzene rings is 5. The molecular formula is C38H26BiN7. The van der Waals surface area contributed by atoms with E-state index < -0.39 is 0 Å². The van der Waals surface area contributed by atoms with E-state index in [4.69, 9.17) is 15.0 Å². The van der Waals surface area contributed by atoms with Gasteiger partial charge in [-0.15, -0.1) is 0 Å². The second kappa shape index (κ2) is 9.59. The molecule has 0 N–H and O–H groups in total. The molecule has 0 saturated heterocycles. The number of rotatable bonds is 3. The Morgan fingerprint density at radius 1 is 0.500 bits per heavy atom. The first-order chi connectivity index (χ1) is 22.7. The number of aryl methyl sites for hydroxylation is 1. The Kier molecular flexibility index (Phi) is 5.41. The molecule has 0 unspecified atom stereocenters. The first-order valence-electron chi connectivity index (χ1n) is 15.3. The number of hydrogen-bond acceptors (Lipinski definition) is 3. The van der Waals surface area contributed by atoms with Crippen LogP contribution in [0, 0.1) is 6.92 Å². The minimum atomic E-state index is 0.600. The maximum atomic E-state index is 5.25. The van der Waals surface area contributed by atoms with Gasteiger partial charge < -0.3 is 0 Å². The molecule has 5 heterocycles. The number of hydrogen-bond donors (Lipinski definition) is 0. The van der Waals surface area contributed by atoms with Gasteiger partial charge in [-0.2, -0.15) is 0 Å². The van der Waals surface area contributed by atoms with Crippen LogP contribution in [0.4, 0.5) is 0 Å². The zero-order valence-electron chi connectivity index (χ0n) is 24.8. The number of para-hydroxylation sites is 6. The molecule has 5 aromatic carbocycles. The van der Waals surface area contributed by atoms with Crippen LogP contribution in [0.2, 0.25) is 0 Å². The van der Waals surface area contributed by atoms with Crippen LogP contribution in [0.25, 0.3) is 78.2 Å². The molecule has 0 aliphatic carbocycles. The van der Waals surface area contributed by atoms with Gasteiger partial charge >= 0.3 is 279 Å². The zero-order chi connectivity index (χ0) is 30.5. The average Bonchev–Trinajstić information content (AvgIpc) is 3.80. The molecule has 0 saturated carbocycles. The summed E-state index contributed by atoms with van der Waals surface area (Å²) in [5, 5.41) is 0. The van der Waals surface area contributed by atoms with E-state index in [1.165, 1.54) is 0 Å². The van der Waals surface area contributed by atoms with Crippen molar-refractivity contribution in [1.29, 1.82) is 0 Å². The van der Waals surface area contributed by atoms with E-state index in [1.54, 1.807) is 0 Å². The minimum absolute atomic E-state index is 0.600. The average molecular weight is 790 g/mol. The van der Waals surface area contributed by atoms with E-state index in [2.05, 4.69) is 152 Å². The summed E-state index contributed by atoms with van der Waals surface area (Å²) < 4.78 is 10.4. The van der Waals surface area contributed by atoms with Crippen LogP contribution >= 0.6 is 0 Å². The molecule has 10 aromatic rings. The summed E-state index contributed by atoms with van der Waals surface area (Å²) in [7, 11) is 0. The molecule has 0 radical (unpaired) electrons. The molecule has 10 rings (SSSR count). The fourth-order valence-corrected chi connectivity index (χ4v) is 8.67. The first-order valence-corrected chi connectivity index (χ1v) is 17.5. The topological polar surface area (TPSA) is 57.4 Å². The van der Waals surface area contributed by atoms with Crippen molar-refractivity contribution in [3.8, 4) is 22.5 Å². The molecule has 5 aromatic heterocycles. The third kappa shape index (κ3) is 3.53. The van der Waals surface area contributed by atoms with Crippen LogP contribution in [0.15, 0.2) is 127 Å². The Morgan fingerprint density at radius 3 is 1.48 bits per heavy atom. The van der Waals surface area contributed by atoms with Crippen molar-refractivity contribution in [2.75, 3.05) is 0 Å². The van der Waals surface area contributed by atoms with Crippen LogP contribution in [0.1, 0.15) is 5.69 Å². The van der Waals surface area contributed by atoms with Crippen LogP contribution in [0.3, 0.4) is 0 Å². The second-order valence-electron chi connectivity index (χ2n) is 11.7. The van der Waals surface area contributed by atoms with Gasteiger partial charge in [0.15, 0.2) is 0 Å².